The van der Waals surface area contributed by atoms with Crippen molar-refractivity contribution in [1.29, 1.82) is 0 Å². The SMILES string of the molecule is O=C(CF)N1CC2CCC1CNC2. The average molecular weight is 186 g/mol. The Labute approximate surface area is 77.3 Å². The van der Waals surface area contributed by atoms with Gasteiger partial charge in [0.15, 0.2) is 6.67 Å². The predicted octanol–water partition coefficient (Wildman–Crippen LogP) is 0.166. The quantitative estimate of drug-likeness (QED) is 0.633. The molecule has 2 unspecified atom stereocenters. The highest BCUT2D eigenvalue weighted by molar-refractivity contribution is 5.77. The van der Waals surface area contributed by atoms with Gasteiger partial charge in [-0.05, 0) is 25.3 Å². The van der Waals surface area contributed by atoms with Crippen molar-refractivity contribution >= 4 is 5.91 Å². The first-order valence-corrected chi connectivity index (χ1v) is 4.87. The van der Waals surface area contributed by atoms with E-state index in [9.17, 15) is 9.18 Å². The molecule has 3 saturated heterocycles. The summed E-state index contributed by atoms with van der Waals surface area (Å²) in [4.78, 5) is 12.9. The van der Waals surface area contributed by atoms with Crippen LogP contribution in [0, 0.1) is 5.92 Å². The number of hydrogen-bond acceptors (Lipinski definition) is 2. The Morgan fingerprint density at radius 3 is 3.08 bits per heavy atom. The van der Waals surface area contributed by atoms with Crippen LogP contribution in [0.4, 0.5) is 4.39 Å². The summed E-state index contributed by atoms with van der Waals surface area (Å²) in [5.74, 6) is 0.202. The van der Waals surface area contributed by atoms with E-state index in [0.717, 1.165) is 26.1 Å². The van der Waals surface area contributed by atoms with Gasteiger partial charge in [-0.15, -0.1) is 0 Å². The molecule has 0 aliphatic carbocycles. The number of alkyl halides is 1. The summed E-state index contributed by atoms with van der Waals surface area (Å²) in [6, 6.07) is 0.238. The van der Waals surface area contributed by atoms with Crippen LogP contribution >= 0.6 is 0 Å². The van der Waals surface area contributed by atoms with E-state index in [4.69, 9.17) is 0 Å². The van der Waals surface area contributed by atoms with Crippen LogP contribution in [-0.2, 0) is 4.79 Å². The van der Waals surface area contributed by atoms with E-state index in [-0.39, 0.29) is 11.9 Å². The molecule has 2 bridgehead atoms. The molecule has 3 aliphatic heterocycles. The second kappa shape index (κ2) is 3.62. The van der Waals surface area contributed by atoms with Gasteiger partial charge >= 0.3 is 0 Å². The summed E-state index contributed by atoms with van der Waals surface area (Å²) in [7, 11) is 0. The minimum absolute atomic E-state index is 0.238. The molecule has 0 aromatic carbocycles. The van der Waals surface area contributed by atoms with Gasteiger partial charge in [-0.2, -0.15) is 0 Å². The first-order valence-electron chi connectivity index (χ1n) is 4.87. The Bertz CT molecular complexity index is 206. The van der Waals surface area contributed by atoms with Gasteiger partial charge in [0.2, 0.25) is 0 Å². The van der Waals surface area contributed by atoms with Crippen LogP contribution < -0.4 is 5.32 Å². The number of rotatable bonds is 1. The highest BCUT2D eigenvalue weighted by Gasteiger charge is 2.33. The Hall–Kier alpha value is -0.640. The fraction of sp³-hybridized carbons (Fsp3) is 0.889. The molecule has 3 nitrogen and oxygen atoms in total. The molecule has 0 saturated carbocycles. The van der Waals surface area contributed by atoms with Crippen molar-refractivity contribution in [3.8, 4) is 0 Å². The number of carbonyl (C=O) groups excluding carboxylic acids is 1. The summed E-state index contributed by atoms with van der Waals surface area (Å²) in [6.45, 7) is 1.72. The summed E-state index contributed by atoms with van der Waals surface area (Å²) in [6.07, 6.45) is 2.21. The summed E-state index contributed by atoms with van der Waals surface area (Å²) < 4.78 is 12.2. The highest BCUT2D eigenvalue weighted by atomic mass is 19.1. The molecular formula is C9H15FN2O. The van der Waals surface area contributed by atoms with E-state index in [1.54, 1.807) is 4.90 Å². The number of hydrogen-bond donors (Lipinski definition) is 1. The number of carbonyl (C=O) groups is 1. The van der Waals surface area contributed by atoms with E-state index in [1.165, 1.54) is 6.42 Å². The van der Waals surface area contributed by atoms with E-state index in [1.807, 2.05) is 0 Å². The minimum atomic E-state index is -0.844. The van der Waals surface area contributed by atoms with Crippen LogP contribution in [0.1, 0.15) is 12.8 Å². The monoisotopic (exact) mass is 186 g/mol. The third-order valence-electron chi connectivity index (χ3n) is 3.05. The topological polar surface area (TPSA) is 32.3 Å². The molecule has 0 radical (unpaired) electrons. The molecule has 0 aromatic heterocycles. The van der Waals surface area contributed by atoms with Crippen LogP contribution in [-0.4, -0.2) is 43.2 Å². The molecular weight excluding hydrogens is 171 g/mol. The third kappa shape index (κ3) is 1.68. The van der Waals surface area contributed by atoms with Crippen LogP contribution in [0.25, 0.3) is 0 Å². The van der Waals surface area contributed by atoms with Gasteiger partial charge in [0, 0.05) is 19.1 Å². The molecule has 74 valence electrons. The fourth-order valence-electron chi connectivity index (χ4n) is 2.32. The Morgan fingerprint density at radius 2 is 2.31 bits per heavy atom. The molecule has 1 amide bonds. The van der Waals surface area contributed by atoms with E-state index < -0.39 is 6.67 Å². The van der Waals surface area contributed by atoms with E-state index in [2.05, 4.69) is 5.32 Å². The molecule has 3 heterocycles. The molecule has 0 aromatic rings. The molecule has 4 heteroatoms. The van der Waals surface area contributed by atoms with Crippen LogP contribution in [0.2, 0.25) is 0 Å². The zero-order chi connectivity index (χ0) is 9.26. The lowest BCUT2D eigenvalue weighted by Crippen LogP contribution is -2.47. The first-order chi connectivity index (χ1) is 6.31. The maximum atomic E-state index is 12.2. The zero-order valence-corrected chi connectivity index (χ0v) is 7.63. The minimum Gasteiger partial charge on any atom is -0.336 e. The molecule has 0 spiro atoms. The molecule has 3 fully saturated rings. The van der Waals surface area contributed by atoms with Crippen molar-refractivity contribution in [2.45, 2.75) is 18.9 Å². The molecule has 1 N–H and O–H groups in total. The lowest BCUT2D eigenvalue weighted by Gasteiger charge is -2.35. The summed E-state index contributed by atoms with van der Waals surface area (Å²) in [5, 5.41) is 3.30. The van der Waals surface area contributed by atoms with Crippen LogP contribution in [0.15, 0.2) is 0 Å². The number of halogens is 1. The van der Waals surface area contributed by atoms with Gasteiger partial charge in [0.25, 0.3) is 5.91 Å². The average Bonchev–Trinajstić information content (AvgIpc) is 2.50. The highest BCUT2D eigenvalue weighted by Crippen LogP contribution is 2.24. The second-order valence-electron chi connectivity index (χ2n) is 3.94. The van der Waals surface area contributed by atoms with Crippen molar-refractivity contribution in [2.24, 2.45) is 5.92 Å². The maximum absolute atomic E-state index is 12.2. The predicted molar refractivity (Wildman–Crippen MR) is 47.1 cm³/mol. The lowest BCUT2D eigenvalue weighted by molar-refractivity contribution is -0.136. The van der Waals surface area contributed by atoms with Crippen molar-refractivity contribution in [2.75, 3.05) is 26.3 Å². The van der Waals surface area contributed by atoms with Gasteiger partial charge in [-0.25, -0.2) is 4.39 Å². The van der Waals surface area contributed by atoms with Crippen molar-refractivity contribution < 1.29 is 9.18 Å². The molecule has 3 rings (SSSR count). The first kappa shape index (κ1) is 8.94. The Balaban J connectivity index is 2.08. The normalized spacial score (nSPS) is 33.2. The Kier molecular flexibility index (Phi) is 2.49. The van der Waals surface area contributed by atoms with Gasteiger partial charge in [0.1, 0.15) is 0 Å². The number of piperidine rings is 1. The number of nitrogens with one attached hydrogen (secondary N) is 1. The van der Waals surface area contributed by atoms with Gasteiger partial charge in [0.05, 0.1) is 0 Å². The molecule has 2 atom stereocenters. The van der Waals surface area contributed by atoms with Gasteiger partial charge in [-0.3, -0.25) is 4.79 Å². The van der Waals surface area contributed by atoms with Crippen molar-refractivity contribution in [3.63, 3.8) is 0 Å². The van der Waals surface area contributed by atoms with Gasteiger partial charge in [-0.1, -0.05) is 0 Å². The standard InChI is InChI=1S/C9H15FN2O/c10-3-9(13)12-6-7-1-2-8(12)5-11-4-7/h7-8,11H,1-6H2. The zero-order valence-electron chi connectivity index (χ0n) is 7.63. The van der Waals surface area contributed by atoms with Crippen LogP contribution in [0.3, 0.4) is 0 Å². The molecule has 3 aliphatic rings. The molecule has 13 heavy (non-hydrogen) atoms. The number of amides is 1. The summed E-state index contributed by atoms with van der Waals surface area (Å²) >= 11 is 0. The fourth-order valence-corrected chi connectivity index (χ4v) is 2.32. The van der Waals surface area contributed by atoms with Crippen molar-refractivity contribution in [3.05, 3.63) is 0 Å². The number of fused-ring (bicyclic) bond motifs is 4. The largest absolute Gasteiger partial charge is 0.336 e. The van der Waals surface area contributed by atoms with E-state index in [0.29, 0.717) is 5.92 Å². The van der Waals surface area contributed by atoms with Gasteiger partial charge < -0.3 is 10.2 Å². The maximum Gasteiger partial charge on any atom is 0.254 e. The third-order valence-corrected chi connectivity index (χ3v) is 3.05. The van der Waals surface area contributed by atoms with E-state index >= 15 is 0 Å². The summed E-state index contributed by atoms with van der Waals surface area (Å²) in [5.41, 5.74) is 0. The second-order valence-corrected chi connectivity index (χ2v) is 3.94. The number of nitrogens with zero attached hydrogens (tertiary/aromatic N) is 1. The Morgan fingerprint density at radius 1 is 1.46 bits per heavy atom. The van der Waals surface area contributed by atoms with Crippen molar-refractivity contribution in [1.82, 2.24) is 10.2 Å². The smallest absolute Gasteiger partial charge is 0.254 e. The van der Waals surface area contributed by atoms with Crippen LogP contribution in [0.5, 0.6) is 0 Å². The lowest BCUT2D eigenvalue weighted by atomic mass is 9.95.